The molecule has 4 aromatic rings. The van der Waals surface area contributed by atoms with Crippen LogP contribution in [-0.4, -0.2) is 22.3 Å². The summed E-state index contributed by atoms with van der Waals surface area (Å²) in [6.07, 6.45) is 0. The second kappa shape index (κ2) is 9.09. The van der Waals surface area contributed by atoms with Gasteiger partial charge >= 0.3 is 5.63 Å². The molecule has 1 N–H and O–H groups in total. The number of fused-ring (bicyclic) bond motifs is 1. The van der Waals surface area contributed by atoms with Crippen LogP contribution in [0.4, 0.5) is 0 Å². The van der Waals surface area contributed by atoms with E-state index < -0.39 is 5.63 Å². The second-order valence-corrected chi connectivity index (χ2v) is 7.76. The molecule has 7 heteroatoms. The standard InChI is InChI=1S/C25H25N3O4/c1-16-11-25(30)32-23-12-20(9-10-21(16)23)31-15-24(29)26-13-22-17(2)27-28(18(22)3)14-19-7-5-4-6-8-19/h4-12H,13-15H2,1-3H3,(H,26,29). The van der Waals surface area contributed by atoms with Gasteiger partial charge in [-0.15, -0.1) is 0 Å². The Hall–Kier alpha value is -3.87. The maximum absolute atomic E-state index is 12.3. The van der Waals surface area contributed by atoms with E-state index in [0.29, 0.717) is 24.4 Å². The van der Waals surface area contributed by atoms with E-state index >= 15 is 0 Å². The number of aromatic nitrogens is 2. The Balaban J connectivity index is 1.36. The Bertz CT molecular complexity index is 1320. The van der Waals surface area contributed by atoms with Gasteiger partial charge in [-0.2, -0.15) is 5.10 Å². The quantitative estimate of drug-likeness (QED) is 0.452. The van der Waals surface area contributed by atoms with Crippen molar-refractivity contribution < 1.29 is 13.9 Å². The summed E-state index contributed by atoms with van der Waals surface area (Å²) < 4.78 is 12.8. The summed E-state index contributed by atoms with van der Waals surface area (Å²) in [6.45, 7) is 6.71. The van der Waals surface area contributed by atoms with E-state index in [1.165, 1.54) is 11.6 Å². The van der Waals surface area contributed by atoms with Crippen LogP contribution in [0.5, 0.6) is 5.75 Å². The number of aryl methyl sites for hydroxylation is 2. The van der Waals surface area contributed by atoms with Crippen molar-refractivity contribution >= 4 is 16.9 Å². The molecule has 2 aromatic heterocycles. The summed E-state index contributed by atoms with van der Waals surface area (Å²) in [4.78, 5) is 23.9. The highest BCUT2D eigenvalue weighted by Crippen LogP contribution is 2.22. The number of carbonyl (C=O) groups excluding carboxylic acids is 1. The first-order valence-corrected chi connectivity index (χ1v) is 10.4. The molecule has 1 amide bonds. The van der Waals surface area contributed by atoms with Crippen molar-refractivity contribution in [1.29, 1.82) is 0 Å². The molecule has 0 saturated carbocycles. The van der Waals surface area contributed by atoms with E-state index in [1.807, 2.05) is 49.7 Å². The Morgan fingerprint density at radius 2 is 1.88 bits per heavy atom. The topological polar surface area (TPSA) is 86.4 Å². The fraction of sp³-hybridized carbons (Fsp3) is 0.240. The minimum absolute atomic E-state index is 0.141. The molecule has 0 unspecified atom stereocenters. The van der Waals surface area contributed by atoms with Crippen molar-refractivity contribution in [1.82, 2.24) is 15.1 Å². The van der Waals surface area contributed by atoms with Crippen molar-refractivity contribution in [3.8, 4) is 5.75 Å². The van der Waals surface area contributed by atoms with Gasteiger partial charge in [-0.3, -0.25) is 9.48 Å². The number of amides is 1. The van der Waals surface area contributed by atoms with Crippen LogP contribution < -0.4 is 15.7 Å². The molecule has 0 spiro atoms. The minimum Gasteiger partial charge on any atom is -0.484 e. The van der Waals surface area contributed by atoms with E-state index in [2.05, 4.69) is 22.5 Å². The zero-order chi connectivity index (χ0) is 22.7. The van der Waals surface area contributed by atoms with Gasteiger partial charge in [0.1, 0.15) is 11.3 Å². The molecule has 0 atom stereocenters. The van der Waals surface area contributed by atoms with Gasteiger partial charge in [0.15, 0.2) is 6.61 Å². The van der Waals surface area contributed by atoms with Crippen LogP contribution in [0.1, 0.15) is 28.1 Å². The summed E-state index contributed by atoms with van der Waals surface area (Å²) in [7, 11) is 0. The highest BCUT2D eigenvalue weighted by molar-refractivity contribution is 5.81. The Morgan fingerprint density at radius 1 is 1.09 bits per heavy atom. The van der Waals surface area contributed by atoms with Crippen molar-refractivity contribution in [3.63, 3.8) is 0 Å². The van der Waals surface area contributed by atoms with Gasteiger partial charge in [-0.25, -0.2) is 4.79 Å². The number of nitrogens with zero attached hydrogens (tertiary/aromatic N) is 2. The van der Waals surface area contributed by atoms with E-state index in [0.717, 1.165) is 27.9 Å². The Morgan fingerprint density at radius 3 is 2.66 bits per heavy atom. The molecule has 32 heavy (non-hydrogen) atoms. The largest absolute Gasteiger partial charge is 0.484 e. The predicted octanol–water partition coefficient (Wildman–Crippen LogP) is 3.66. The van der Waals surface area contributed by atoms with Gasteiger partial charge in [0.25, 0.3) is 5.91 Å². The first kappa shape index (κ1) is 21.4. The molecule has 164 valence electrons. The van der Waals surface area contributed by atoms with E-state index in [4.69, 9.17) is 9.15 Å². The SMILES string of the molecule is Cc1nn(Cc2ccccc2)c(C)c1CNC(=O)COc1ccc2c(C)cc(=O)oc2c1. The summed E-state index contributed by atoms with van der Waals surface area (Å²) in [5, 5.41) is 8.34. The second-order valence-electron chi connectivity index (χ2n) is 7.76. The molecule has 0 aliphatic carbocycles. The van der Waals surface area contributed by atoms with Gasteiger partial charge in [-0.1, -0.05) is 30.3 Å². The lowest BCUT2D eigenvalue weighted by atomic mass is 10.1. The summed E-state index contributed by atoms with van der Waals surface area (Å²) >= 11 is 0. The van der Waals surface area contributed by atoms with Gasteiger partial charge < -0.3 is 14.5 Å². The normalized spacial score (nSPS) is 11.0. The highest BCUT2D eigenvalue weighted by Gasteiger charge is 2.13. The monoisotopic (exact) mass is 431 g/mol. The zero-order valence-electron chi connectivity index (χ0n) is 18.3. The van der Waals surface area contributed by atoms with Gasteiger partial charge in [0.2, 0.25) is 0 Å². The van der Waals surface area contributed by atoms with Crippen molar-refractivity contribution in [2.75, 3.05) is 6.61 Å². The van der Waals surface area contributed by atoms with Crippen LogP contribution in [0.2, 0.25) is 0 Å². The average Bonchev–Trinajstić information content (AvgIpc) is 3.03. The van der Waals surface area contributed by atoms with Crippen LogP contribution >= 0.6 is 0 Å². The summed E-state index contributed by atoms with van der Waals surface area (Å²) in [5.74, 6) is 0.217. The molecule has 7 nitrogen and oxygen atoms in total. The van der Waals surface area contributed by atoms with E-state index in [-0.39, 0.29) is 12.5 Å². The fourth-order valence-electron chi connectivity index (χ4n) is 3.68. The molecule has 0 aliphatic heterocycles. The van der Waals surface area contributed by atoms with Crippen LogP contribution in [0.25, 0.3) is 11.0 Å². The number of carbonyl (C=O) groups is 1. The molecule has 2 aromatic carbocycles. The number of rotatable bonds is 7. The molecular weight excluding hydrogens is 406 g/mol. The number of benzene rings is 2. The van der Waals surface area contributed by atoms with E-state index in [1.54, 1.807) is 12.1 Å². The third kappa shape index (κ3) is 4.72. The Labute approximate surface area is 185 Å². The van der Waals surface area contributed by atoms with Crippen molar-refractivity contribution in [3.05, 3.63) is 93.1 Å². The Kier molecular flexibility index (Phi) is 6.07. The zero-order valence-corrected chi connectivity index (χ0v) is 18.3. The van der Waals surface area contributed by atoms with Gasteiger partial charge in [0.05, 0.1) is 12.2 Å². The van der Waals surface area contributed by atoms with Gasteiger partial charge in [0, 0.05) is 35.3 Å². The van der Waals surface area contributed by atoms with Crippen LogP contribution in [0, 0.1) is 20.8 Å². The van der Waals surface area contributed by atoms with Gasteiger partial charge in [-0.05, 0) is 44.0 Å². The molecule has 0 fully saturated rings. The first-order valence-electron chi connectivity index (χ1n) is 10.4. The molecule has 0 saturated heterocycles. The van der Waals surface area contributed by atoms with Crippen LogP contribution in [-0.2, 0) is 17.9 Å². The molecule has 0 radical (unpaired) electrons. The third-order valence-electron chi connectivity index (χ3n) is 5.46. The minimum atomic E-state index is -0.413. The molecule has 4 rings (SSSR count). The van der Waals surface area contributed by atoms with E-state index in [9.17, 15) is 9.59 Å². The predicted molar refractivity (Wildman–Crippen MR) is 122 cm³/mol. The summed E-state index contributed by atoms with van der Waals surface area (Å²) in [6, 6.07) is 16.8. The lowest BCUT2D eigenvalue weighted by Gasteiger charge is -2.09. The highest BCUT2D eigenvalue weighted by atomic mass is 16.5. The number of nitrogens with one attached hydrogen (secondary N) is 1. The third-order valence-corrected chi connectivity index (χ3v) is 5.46. The average molecular weight is 431 g/mol. The maximum Gasteiger partial charge on any atom is 0.336 e. The number of ether oxygens (including phenoxy) is 1. The number of hydrogen-bond donors (Lipinski definition) is 1. The molecule has 0 aliphatic rings. The van der Waals surface area contributed by atoms with Crippen LogP contribution in [0.3, 0.4) is 0 Å². The van der Waals surface area contributed by atoms with Crippen molar-refractivity contribution in [2.45, 2.75) is 33.9 Å². The summed E-state index contributed by atoms with van der Waals surface area (Å²) in [5.41, 5.74) is 4.93. The maximum atomic E-state index is 12.3. The molecular formula is C25H25N3O4. The van der Waals surface area contributed by atoms with Crippen molar-refractivity contribution in [2.24, 2.45) is 0 Å². The molecule has 0 bridgehead atoms. The first-order chi connectivity index (χ1) is 15.4. The fourth-order valence-corrected chi connectivity index (χ4v) is 3.68. The lowest BCUT2D eigenvalue weighted by molar-refractivity contribution is -0.123. The van der Waals surface area contributed by atoms with Crippen LogP contribution in [0.15, 0.2) is 63.8 Å². The molecule has 2 heterocycles. The smallest absolute Gasteiger partial charge is 0.336 e. The lowest BCUT2D eigenvalue weighted by Crippen LogP contribution is -2.28. The number of hydrogen-bond acceptors (Lipinski definition) is 5.